The second kappa shape index (κ2) is 8.40. The maximum Gasteiger partial charge on any atom is 0.242 e. The van der Waals surface area contributed by atoms with Crippen LogP contribution in [0.4, 0.5) is 0 Å². The summed E-state index contributed by atoms with van der Waals surface area (Å²) in [4.78, 5) is 14.7. The van der Waals surface area contributed by atoms with Gasteiger partial charge in [0, 0.05) is 0 Å². The molecule has 4 nitrogen and oxygen atoms in total. The van der Waals surface area contributed by atoms with Gasteiger partial charge in [0.2, 0.25) is 5.91 Å². The Morgan fingerprint density at radius 3 is 2.57 bits per heavy atom. The van der Waals surface area contributed by atoms with Gasteiger partial charge in [-0.25, -0.2) is 0 Å². The van der Waals surface area contributed by atoms with E-state index in [4.69, 9.17) is 0 Å². The Balaban J connectivity index is 1.63. The molecule has 0 bridgehead atoms. The molecule has 0 aromatic heterocycles. The third kappa shape index (κ3) is 3.85. The molecule has 1 atom stereocenters. The molecule has 1 saturated heterocycles. The van der Waals surface area contributed by atoms with Gasteiger partial charge in [0.15, 0.2) is 5.17 Å². The number of benzene rings is 3. The van der Waals surface area contributed by atoms with E-state index in [2.05, 4.69) is 34.5 Å². The summed E-state index contributed by atoms with van der Waals surface area (Å²) < 4.78 is 0. The van der Waals surface area contributed by atoms with E-state index >= 15 is 0 Å². The van der Waals surface area contributed by atoms with Crippen LogP contribution in [0.5, 0.6) is 0 Å². The highest BCUT2D eigenvalue weighted by molar-refractivity contribution is 8.15. The van der Waals surface area contributed by atoms with Gasteiger partial charge in [0.05, 0.1) is 18.0 Å². The minimum atomic E-state index is -0.0966. The summed E-state index contributed by atoms with van der Waals surface area (Å²) in [5.74, 6) is 0.106. The summed E-state index contributed by atoms with van der Waals surface area (Å²) in [6.07, 6.45) is 2.49. The van der Waals surface area contributed by atoms with Gasteiger partial charge < -0.3 is 0 Å². The van der Waals surface area contributed by atoms with Gasteiger partial charge in [-0.2, -0.15) is 5.10 Å². The van der Waals surface area contributed by atoms with E-state index in [1.165, 1.54) is 17.1 Å². The minimum absolute atomic E-state index is 0.0966. The quantitative estimate of drug-likeness (QED) is 0.452. The Hall–Kier alpha value is -2.92. The molecule has 0 N–H and O–H groups in total. The standard InChI is InChI=1S/C23H21N3OS/c1-2-21-22(27)26(16-19-13-8-12-18-11-6-7-14-20(18)19)23(28-21)25-24-15-17-9-4-3-5-10-17/h3-15,21H,2,16H2,1H3/b24-15-,25-23-/t21-/m0/s1. The lowest BCUT2D eigenvalue weighted by Gasteiger charge is -2.17. The SMILES string of the molecule is CC[C@@H]1S/C(=N\N=C/c2ccccc2)N(Cc2cccc3ccccc23)C1=O. The lowest BCUT2D eigenvalue weighted by Crippen LogP contribution is -2.31. The largest absolute Gasteiger partial charge is 0.284 e. The fraction of sp³-hybridized carbons (Fsp3) is 0.174. The lowest BCUT2D eigenvalue weighted by molar-refractivity contribution is -0.126. The molecule has 1 aliphatic heterocycles. The normalized spacial score (nSPS) is 18.6. The van der Waals surface area contributed by atoms with Crippen molar-refractivity contribution in [1.29, 1.82) is 0 Å². The fourth-order valence-electron chi connectivity index (χ4n) is 3.28. The highest BCUT2D eigenvalue weighted by Gasteiger charge is 2.37. The van der Waals surface area contributed by atoms with Crippen LogP contribution >= 0.6 is 11.8 Å². The van der Waals surface area contributed by atoms with Crippen LogP contribution in [0.1, 0.15) is 24.5 Å². The molecule has 3 aromatic rings. The Labute approximate surface area is 169 Å². The van der Waals surface area contributed by atoms with E-state index in [0.29, 0.717) is 11.7 Å². The number of hydrogen-bond donors (Lipinski definition) is 0. The molecule has 4 rings (SSSR count). The number of rotatable bonds is 5. The third-order valence-corrected chi connectivity index (χ3v) is 6.08. The zero-order chi connectivity index (χ0) is 19.3. The van der Waals surface area contributed by atoms with Crippen LogP contribution in [0.15, 0.2) is 83.0 Å². The molecule has 1 heterocycles. The van der Waals surface area contributed by atoms with Crippen LogP contribution in [0.3, 0.4) is 0 Å². The highest BCUT2D eigenvalue weighted by Crippen LogP contribution is 2.32. The van der Waals surface area contributed by atoms with Crippen molar-refractivity contribution in [2.75, 3.05) is 0 Å². The molecule has 0 radical (unpaired) electrons. The molecular formula is C23H21N3OS. The number of nitrogens with zero attached hydrogens (tertiary/aromatic N) is 3. The summed E-state index contributed by atoms with van der Waals surface area (Å²) in [6.45, 7) is 2.53. The first-order valence-electron chi connectivity index (χ1n) is 9.37. The molecule has 1 fully saturated rings. The van der Waals surface area contributed by atoms with Crippen LogP contribution < -0.4 is 0 Å². The van der Waals surface area contributed by atoms with Crippen molar-refractivity contribution in [3.05, 3.63) is 83.9 Å². The van der Waals surface area contributed by atoms with E-state index in [-0.39, 0.29) is 11.2 Å². The summed E-state index contributed by atoms with van der Waals surface area (Å²) in [5, 5.41) is 11.5. The van der Waals surface area contributed by atoms with Crippen molar-refractivity contribution in [3.63, 3.8) is 0 Å². The van der Waals surface area contributed by atoms with Crippen LogP contribution in [-0.2, 0) is 11.3 Å². The predicted octanol–water partition coefficient (Wildman–Crippen LogP) is 5.08. The fourth-order valence-corrected chi connectivity index (χ4v) is 4.30. The number of thioether (sulfide) groups is 1. The van der Waals surface area contributed by atoms with Gasteiger partial charge in [-0.15, -0.1) is 5.10 Å². The lowest BCUT2D eigenvalue weighted by atomic mass is 10.0. The third-order valence-electron chi connectivity index (χ3n) is 4.75. The van der Waals surface area contributed by atoms with Crippen molar-refractivity contribution >= 4 is 39.8 Å². The summed E-state index contributed by atoms with van der Waals surface area (Å²) >= 11 is 1.50. The molecule has 28 heavy (non-hydrogen) atoms. The van der Waals surface area contributed by atoms with E-state index in [0.717, 1.165) is 22.9 Å². The molecule has 1 amide bonds. The number of carbonyl (C=O) groups is 1. The first-order valence-corrected chi connectivity index (χ1v) is 10.2. The molecule has 0 spiro atoms. The maximum atomic E-state index is 12.9. The predicted molar refractivity (Wildman–Crippen MR) is 118 cm³/mol. The average Bonchev–Trinajstić information content (AvgIpc) is 3.04. The highest BCUT2D eigenvalue weighted by atomic mass is 32.2. The Bertz CT molecular complexity index is 1040. The summed E-state index contributed by atoms with van der Waals surface area (Å²) in [6, 6.07) is 24.3. The molecule has 0 saturated carbocycles. The maximum absolute atomic E-state index is 12.9. The van der Waals surface area contributed by atoms with Crippen molar-refractivity contribution in [2.24, 2.45) is 10.2 Å². The summed E-state index contributed by atoms with van der Waals surface area (Å²) in [5.41, 5.74) is 2.09. The second-order valence-corrected chi connectivity index (χ2v) is 7.79. The van der Waals surface area contributed by atoms with Crippen molar-refractivity contribution in [2.45, 2.75) is 25.1 Å². The van der Waals surface area contributed by atoms with Crippen LogP contribution in [0, 0.1) is 0 Å². The topological polar surface area (TPSA) is 45.0 Å². The first kappa shape index (κ1) is 18.4. The molecule has 1 aliphatic rings. The van der Waals surface area contributed by atoms with Crippen molar-refractivity contribution in [1.82, 2.24) is 4.90 Å². The van der Waals surface area contributed by atoms with Crippen LogP contribution in [-0.4, -0.2) is 27.4 Å². The molecular weight excluding hydrogens is 366 g/mol. The van der Waals surface area contributed by atoms with Crippen LogP contribution in [0.2, 0.25) is 0 Å². The van der Waals surface area contributed by atoms with Crippen molar-refractivity contribution in [3.8, 4) is 0 Å². The first-order chi connectivity index (χ1) is 13.8. The molecule has 5 heteroatoms. The number of amidine groups is 1. The monoisotopic (exact) mass is 387 g/mol. The average molecular weight is 388 g/mol. The zero-order valence-corrected chi connectivity index (χ0v) is 16.5. The molecule has 0 unspecified atom stereocenters. The number of carbonyl (C=O) groups excluding carboxylic acids is 1. The minimum Gasteiger partial charge on any atom is -0.284 e. The summed E-state index contributed by atoms with van der Waals surface area (Å²) in [7, 11) is 0. The van der Waals surface area contributed by atoms with Gasteiger partial charge in [0.1, 0.15) is 0 Å². The van der Waals surface area contributed by atoms with Gasteiger partial charge in [-0.3, -0.25) is 9.69 Å². The van der Waals surface area contributed by atoms with Gasteiger partial charge in [-0.1, -0.05) is 91.5 Å². The Morgan fingerprint density at radius 1 is 1.00 bits per heavy atom. The second-order valence-electron chi connectivity index (χ2n) is 6.62. The van der Waals surface area contributed by atoms with E-state index in [1.54, 1.807) is 11.1 Å². The number of hydrogen-bond acceptors (Lipinski definition) is 4. The van der Waals surface area contributed by atoms with E-state index in [1.807, 2.05) is 55.5 Å². The molecule has 3 aromatic carbocycles. The molecule has 0 aliphatic carbocycles. The smallest absolute Gasteiger partial charge is 0.242 e. The van der Waals surface area contributed by atoms with Crippen LogP contribution in [0.25, 0.3) is 10.8 Å². The van der Waals surface area contributed by atoms with Gasteiger partial charge >= 0.3 is 0 Å². The molecule has 140 valence electrons. The van der Waals surface area contributed by atoms with E-state index in [9.17, 15) is 4.79 Å². The number of fused-ring (bicyclic) bond motifs is 1. The Kier molecular flexibility index (Phi) is 5.53. The number of amides is 1. The zero-order valence-electron chi connectivity index (χ0n) is 15.7. The van der Waals surface area contributed by atoms with Gasteiger partial charge in [0.25, 0.3) is 0 Å². The Morgan fingerprint density at radius 2 is 1.75 bits per heavy atom. The van der Waals surface area contributed by atoms with Gasteiger partial charge in [-0.05, 0) is 28.3 Å². The van der Waals surface area contributed by atoms with Crippen molar-refractivity contribution < 1.29 is 4.79 Å². The van der Waals surface area contributed by atoms with E-state index < -0.39 is 0 Å².